The number of halogens is 1. The van der Waals surface area contributed by atoms with Gasteiger partial charge in [0.05, 0.1) is 41.4 Å². The molecule has 0 N–H and O–H groups in total. The van der Waals surface area contributed by atoms with Crippen LogP contribution in [0.25, 0.3) is 27.8 Å². The molecule has 2 aromatic heterocycles. The summed E-state index contributed by atoms with van der Waals surface area (Å²) in [4.78, 5) is 9.07. The summed E-state index contributed by atoms with van der Waals surface area (Å²) in [5.74, 6) is 0. The van der Waals surface area contributed by atoms with Crippen molar-refractivity contribution in [3.8, 4) is 23.0 Å². The molecule has 2 heterocycles. The van der Waals surface area contributed by atoms with Gasteiger partial charge >= 0.3 is 0 Å². The molecule has 0 spiro atoms. The van der Waals surface area contributed by atoms with Crippen molar-refractivity contribution in [3.63, 3.8) is 0 Å². The van der Waals surface area contributed by atoms with Gasteiger partial charge in [-0.1, -0.05) is 41.9 Å². The first-order chi connectivity index (χ1) is 12.2. The van der Waals surface area contributed by atoms with Crippen molar-refractivity contribution in [3.05, 3.63) is 77.8 Å². The maximum absolute atomic E-state index is 8.87. The standard InChI is InChI=1S/C20H13ClN4/c21-15-6-7-17-19(10-15)24-18(14-4-2-1-3-5-14)11-20(17)25-12-16(8-9-22)23-13-25/h1-7,10-13H,8H2. The lowest BCUT2D eigenvalue weighted by atomic mass is 10.1. The van der Waals surface area contributed by atoms with Crippen LogP contribution in [-0.2, 0) is 6.42 Å². The Hall–Kier alpha value is -3.16. The lowest BCUT2D eigenvalue weighted by Crippen LogP contribution is -1.96. The molecule has 0 aliphatic rings. The van der Waals surface area contributed by atoms with E-state index in [1.165, 1.54) is 0 Å². The highest BCUT2D eigenvalue weighted by Crippen LogP contribution is 2.29. The molecule has 120 valence electrons. The quantitative estimate of drug-likeness (QED) is 0.536. The van der Waals surface area contributed by atoms with Gasteiger partial charge in [-0.25, -0.2) is 9.97 Å². The monoisotopic (exact) mass is 344 g/mol. The van der Waals surface area contributed by atoms with Crippen LogP contribution >= 0.6 is 11.6 Å². The van der Waals surface area contributed by atoms with Gasteiger partial charge in [0.15, 0.2) is 0 Å². The van der Waals surface area contributed by atoms with Crippen LogP contribution in [0.2, 0.25) is 5.02 Å². The summed E-state index contributed by atoms with van der Waals surface area (Å²) >= 11 is 6.17. The van der Waals surface area contributed by atoms with E-state index in [9.17, 15) is 0 Å². The highest BCUT2D eigenvalue weighted by Gasteiger charge is 2.11. The number of aromatic nitrogens is 3. The second-order valence-corrected chi connectivity index (χ2v) is 6.10. The van der Waals surface area contributed by atoms with Crippen molar-refractivity contribution in [1.82, 2.24) is 14.5 Å². The van der Waals surface area contributed by atoms with Gasteiger partial charge in [0.25, 0.3) is 0 Å². The predicted molar refractivity (Wildman–Crippen MR) is 98.6 cm³/mol. The molecule has 4 rings (SSSR count). The molecular weight excluding hydrogens is 332 g/mol. The third-order valence-electron chi connectivity index (χ3n) is 3.99. The number of imidazole rings is 1. The summed E-state index contributed by atoms with van der Waals surface area (Å²) in [5.41, 5.74) is 4.41. The van der Waals surface area contributed by atoms with Crippen LogP contribution in [0.4, 0.5) is 0 Å². The molecule has 0 aliphatic heterocycles. The molecule has 0 unspecified atom stereocenters. The second-order valence-electron chi connectivity index (χ2n) is 5.66. The number of nitriles is 1. The fourth-order valence-electron chi connectivity index (χ4n) is 2.82. The van der Waals surface area contributed by atoms with Crippen LogP contribution in [0, 0.1) is 11.3 Å². The van der Waals surface area contributed by atoms with Crippen LogP contribution in [-0.4, -0.2) is 14.5 Å². The van der Waals surface area contributed by atoms with Gasteiger partial charge in [-0.2, -0.15) is 5.26 Å². The second kappa shape index (κ2) is 6.39. The van der Waals surface area contributed by atoms with Gasteiger partial charge in [0.1, 0.15) is 0 Å². The summed E-state index contributed by atoms with van der Waals surface area (Å²) < 4.78 is 1.93. The van der Waals surface area contributed by atoms with Crippen LogP contribution in [0.5, 0.6) is 0 Å². The third-order valence-corrected chi connectivity index (χ3v) is 4.23. The average molecular weight is 345 g/mol. The maximum atomic E-state index is 8.87. The molecule has 5 heteroatoms. The highest BCUT2D eigenvalue weighted by atomic mass is 35.5. The number of fused-ring (bicyclic) bond motifs is 1. The van der Waals surface area contributed by atoms with E-state index in [1.54, 1.807) is 6.33 Å². The number of hydrogen-bond acceptors (Lipinski definition) is 3. The largest absolute Gasteiger partial charge is 0.305 e. The Bertz CT molecular complexity index is 1090. The van der Waals surface area contributed by atoms with E-state index < -0.39 is 0 Å². The number of rotatable bonds is 3. The van der Waals surface area contributed by atoms with E-state index >= 15 is 0 Å². The molecule has 2 aromatic carbocycles. The van der Waals surface area contributed by atoms with Gasteiger partial charge in [0.2, 0.25) is 0 Å². The number of hydrogen-bond donors (Lipinski definition) is 0. The van der Waals surface area contributed by atoms with E-state index in [-0.39, 0.29) is 6.42 Å². The molecule has 0 bridgehead atoms. The van der Waals surface area contributed by atoms with Gasteiger partial charge in [-0.05, 0) is 24.3 Å². The molecule has 4 aromatic rings. The minimum atomic E-state index is 0.285. The van der Waals surface area contributed by atoms with Gasteiger partial charge in [-0.15, -0.1) is 0 Å². The van der Waals surface area contributed by atoms with Gasteiger partial charge in [-0.3, -0.25) is 0 Å². The fourth-order valence-corrected chi connectivity index (χ4v) is 2.99. The first-order valence-electron chi connectivity index (χ1n) is 7.80. The van der Waals surface area contributed by atoms with Crippen LogP contribution in [0.15, 0.2) is 67.1 Å². The molecule has 4 nitrogen and oxygen atoms in total. The van der Waals surface area contributed by atoms with E-state index in [0.29, 0.717) is 5.02 Å². The van der Waals surface area contributed by atoms with Crippen molar-refractivity contribution in [2.45, 2.75) is 6.42 Å². The molecule has 0 radical (unpaired) electrons. The zero-order valence-electron chi connectivity index (χ0n) is 13.2. The van der Waals surface area contributed by atoms with Crippen LogP contribution in [0.1, 0.15) is 5.69 Å². The summed E-state index contributed by atoms with van der Waals surface area (Å²) in [5, 5.41) is 10.5. The summed E-state index contributed by atoms with van der Waals surface area (Å²) in [6.07, 6.45) is 3.89. The van der Waals surface area contributed by atoms with Crippen molar-refractivity contribution in [1.29, 1.82) is 5.26 Å². The Labute approximate surface area is 150 Å². The fraction of sp³-hybridized carbons (Fsp3) is 0.0500. The van der Waals surface area contributed by atoms with Crippen LogP contribution < -0.4 is 0 Å². The van der Waals surface area contributed by atoms with Crippen molar-refractivity contribution in [2.24, 2.45) is 0 Å². The van der Waals surface area contributed by atoms with Crippen molar-refractivity contribution in [2.75, 3.05) is 0 Å². The van der Waals surface area contributed by atoms with E-state index in [0.717, 1.165) is 33.5 Å². The SMILES string of the molecule is N#CCc1cn(-c2cc(-c3ccccc3)nc3cc(Cl)ccc23)cn1. The van der Waals surface area contributed by atoms with E-state index in [1.807, 2.05) is 65.4 Å². The molecule has 25 heavy (non-hydrogen) atoms. The highest BCUT2D eigenvalue weighted by molar-refractivity contribution is 6.31. The molecule has 0 atom stereocenters. The lowest BCUT2D eigenvalue weighted by Gasteiger charge is -2.11. The van der Waals surface area contributed by atoms with E-state index in [2.05, 4.69) is 11.1 Å². The smallest absolute Gasteiger partial charge is 0.0995 e. The topological polar surface area (TPSA) is 54.5 Å². The molecule has 0 amide bonds. The predicted octanol–water partition coefficient (Wildman–Crippen LogP) is 4.81. The van der Waals surface area contributed by atoms with Gasteiger partial charge < -0.3 is 4.57 Å². The molecule has 0 aliphatic carbocycles. The minimum absolute atomic E-state index is 0.285. The lowest BCUT2D eigenvalue weighted by molar-refractivity contribution is 1.06. The number of nitrogens with zero attached hydrogens (tertiary/aromatic N) is 4. The zero-order valence-corrected chi connectivity index (χ0v) is 14.0. The van der Waals surface area contributed by atoms with Crippen molar-refractivity contribution < 1.29 is 0 Å². The first kappa shape index (κ1) is 15.4. The third kappa shape index (κ3) is 2.98. The van der Waals surface area contributed by atoms with Crippen molar-refractivity contribution >= 4 is 22.5 Å². The Morgan fingerprint density at radius 3 is 2.72 bits per heavy atom. The number of pyridine rings is 1. The maximum Gasteiger partial charge on any atom is 0.0995 e. The molecule has 0 fully saturated rings. The average Bonchev–Trinajstić information content (AvgIpc) is 3.10. The van der Waals surface area contributed by atoms with Gasteiger partial charge in [0, 0.05) is 22.2 Å². The minimum Gasteiger partial charge on any atom is -0.305 e. The van der Waals surface area contributed by atoms with Crippen LogP contribution in [0.3, 0.4) is 0 Å². The zero-order chi connectivity index (χ0) is 17.2. The Morgan fingerprint density at radius 1 is 1.08 bits per heavy atom. The summed E-state index contributed by atoms with van der Waals surface area (Å²) in [6, 6.07) is 19.8. The normalized spacial score (nSPS) is 10.7. The molecular formula is C20H13ClN4. The number of benzene rings is 2. The molecule has 0 saturated heterocycles. The van der Waals surface area contributed by atoms with E-state index in [4.69, 9.17) is 21.8 Å². The Morgan fingerprint density at radius 2 is 1.92 bits per heavy atom. The Kier molecular flexibility index (Phi) is 3.93. The summed E-state index contributed by atoms with van der Waals surface area (Å²) in [6.45, 7) is 0. The first-order valence-corrected chi connectivity index (χ1v) is 8.18. The molecule has 0 saturated carbocycles. The Balaban J connectivity index is 1.96. The summed E-state index contributed by atoms with van der Waals surface area (Å²) in [7, 11) is 0.